The first-order chi connectivity index (χ1) is 8.69. The van der Waals surface area contributed by atoms with Crippen LogP contribution in [0.4, 0.5) is 5.95 Å². The summed E-state index contributed by atoms with van der Waals surface area (Å²) in [5.74, 6) is 1.20. The van der Waals surface area contributed by atoms with E-state index in [1.54, 1.807) is 0 Å². The fourth-order valence-electron chi connectivity index (χ4n) is 1.99. The maximum atomic E-state index is 11.5. The molecule has 2 heterocycles. The summed E-state index contributed by atoms with van der Waals surface area (Å²) in [7, 11) is 2.10. The van der Waals surface area contributed by atoms with E-state index in [1.165, 1.54) is 0 Å². The number of ketones is 1. The lowest BCUT2D eigenvalue weighted by Crippen LogP contribution is -2.44. The van der Waals surface area contributed by atoms with Gasteiger partial charge in [-0.1, -0.05) is 6.92 Å². The lowest BCUT2D eigenvalue weighted by Gasteiger charge is -2.31. The third-order valence-corrected chi connectivity index (χ3v) is 3.12. The average molecular weight is 252 g/mol. The Hall–Kier alpha value is -1.43. The van der Waals surface area contributed by atoms with Crippen molar-refractivity contribution in [2.75, 3.05) is 38.1 Å². The average Bonchev–Trinajstić information content (AvgIpc) is 2.78. The number of aromatic nitrogens is 2. The number of Topliss-reactive ketones (excluding diaryl/α,β-unsaturated/α-hetero) is 1. The third-order valence-electron chi connectivity index (χ3n) is 3.12. The Balaban J connectivity index is 1.91. The molecule has 2 rings (SSSR count). The highest BCUT2D eigenvalue weighted by Gasteiger charge is 2.19. The molecule has 6 nitrogen and oxygen atoms in total. The van der Waals surface area contributed by atoms with Crippen molar-refractivity contribution in [1.29, 1.82) is 0 Å². The molecule has 0 aliphatic carbocycles. The van der Waals surface area contributed by atoms with E-state index in [9.17, 15) is 4.79 Å². The summed E-state index contributed by atoms with van der Waals surface area (Å²) in [4.78, 5) is 20.1. The first-order valence-electron chi connectivity index (χ1n) is 6.47. The number of hydrogen-bond donors (Lipinski definition) is 0. The molecule has 1 fully saturated rings. The quantitative estimate of drug-likeness (QED) is 0.770. The Labute approximate surface area is 107 Å². The molecule has 0 radical (unpaired) electrons. The van der Waals surface area contributed by atoms with Gasteiger partial charge in [0.25, 0.3) is 5.95 Å². The van der Waals surface area contributed by atoms with Gasteiger partial charge in [-0.3, -0.25) is 4.79 Å². The summed E-state index contributed by atoms with van der Waals surface area (Å²) in [5.41, 5.74) is 0. The summed E-state index contributed by atoms with van der Waals surface area (Å²) < 4.78 is 5.12. The van der Waals surface area contributed by atoms with Crippen LogP contribution in [-0.4, -0.2) is 54.1 Å². The highest BCUT2D eigenvalue weighted by molar-refractivity contribution is 5.79. The van der Waals surface area contributed by atoms with Crippen LogP contribution in [0.1, 0.15) is 25.7 Å². The molecule has 0 aromatic carbocycles. The molecule has 1 aliphatic rings. The number of rotatable bonds is 5. The van der Waals surface area contributed by atoms with Crippen molar-refractivity contribution >= 4 is 11.7 Å². The largest absolute Gasteiger partial charge is 0.337 e. The first kappa shape index (κ1) is 13.0. The lowest BCUT2D eigenvalue weighted by molar-refractivity contribution is -0.118. The molecule has 0 atom stereocenters. The number of hydrogen-bond acceptors (Lipinski definition) is 6. The van der Waals surface area contributed by atoms with Gasteiger partial charge in [0.05, 0.1) is 6.42 Å². The minimum atomic E-state index is 0.158. The predicted octanol–water partition coefficient (Wildman–Crippen LogP) is 0.733. The van der Waals surface area contributed by atoms with Crippen molar-refractivity contribution in [2.45, 2.75) is 26.2 Å². The van der Waals surface area contributed by atoms with E-state index < -0.39 is 0 Å². The maximum absolute atomic E-state index is 11.5. The van der Waals surface area contributed by atoms with Crippen LogP contribution >= 0.6 is 0 Å². The zero-order valence-electron chi connectivity index (χ0n) is 11.1. The van der Waals surface area contributed by atoms with E-state index in [1.807, 2.05) is 6.92 Å². The molecule has 1 aromatic heterocycles. The molecular weight excluding hydrogens is 232 g/mol. The second-order valence-electron chi connectivity index (χ2n) is 4.74. The first-order valence-corrected chi connectivity index (χ1v) is 6.47. The molecule has 0 N–H and O–H groups in total. The highest BCUT2D eigenvalue weighted by atomic mass is 16.5. The second-order valence-corrected chi connectivity index (χ2v) is 4.74. The van der Waals surface area contributed by atoms with Crippen LogP contribution in [0.25, 0.3) is 0 Å². The molecule has 6 heteroatoms. The molecule has 0 amide bonds. The molecule has 0 saturated carbocycles. The van der Waals surface area contributed by atoms with E-state index in [0.29, 0.717) is 18.3 Å². The highest BCUT2D eigenvalue weighted by Crippen LogP contribution is 2.12. The summed E-state index contributed by atoms with van der Waals surface area (Å²) in [6.07, 6.45) is 1.69. The minimum Gasteiger partial charge on any atom is -0.337 e. The standard InChI is InChI=1S/C12H20N4O2/c1-3-4-10(17)9-11-13-12(14-18-11)16-7-5-15(2)6-8-16/h3-9H2,1-2H3. The van der Waals surface area contributed by atoms with Crippen molar-refractivity contribution in [3.8, 4) is 0 Å². The van der Waals surface area contributed by atoms with Crippen molar-refractivity contribution in [1.82, 2.24) is 15.0 Å². The molecule has 0 bridgehead atoms. The summed E-state index contributed by atoms with van der Waals surface area (Å²) in [6.45, 7) is 5.79. The summed E-state index contributed by atoms with van der Waals surface area (Å²) in [6, 6.07) is 0. The van der Waals surface area contributed by atoms with Crippen LogP contribution < -0.4 is 4.90 Å². The van der Waals surface area contributed by atoms with Gasteiger partial charge in [-0.15, -0.1) is 0 Å². The van der Waals surface area contributed by atoms with Gasteiger partial charge in [0, 0.05) is 32.6 Å². The van der Waals surface area contributed by atoms with E-state index in [2.05, 4.69) is 27.0 Å². The van der Waals surface area contributed by atoms with Gasteiger partial charge >= 0.3 is 0 Å². The smallest absolute Gasteiger partial charge is 0.266 e. The molecule has 100 valence electrons. The predicted molar refractivity (Wildman–Crippen MR) is 67.6 cm³/mol. The third kappa shape index (κ3) is 3.29. The molecular formula is C12H20N4O2. The van der Waals surface area contributed by atoms with Gasteiger partial charge in [-0.2, -0.15) is 4.98 Å². The van der Waals surface area contributed by atoms with E-state index in [-0.39, 0.29) is 12.2 Å². The van der Waals surface area contributed by atoms with Crippen LogP contribution in [0, 0.1) is 0 Å². The van der Waals surface area contributed by atoms with E-state index >= 15 is 0 Å². The fourth-order valence-corrected chi connectivity index (χ4v) is 1.99. The van der Waals surface area contributed by atoms with E-state index in [4.69, 9.17) is 4.52 Å². The van der Waals surface area contributed by atoms with Gasteiger partial charge in [-0.05, 0) is 18.6 Å². The van der Waals surface area contributed by atoms with Gasteiger partial charge in [0.15, 0.2) is 0 Å². The van der Waals surface area contributed by atoms with Crippen LogP contribution in [0.5, 0.6) is 0 Å². The Morgan fingerprint density at radius 3 is 2.72 bits per heavy atom. The number of carbonyl (C=O) groups excluding carboxylic acids is 1. The Kier molecular flexibility index (Phi) is 4.30. The van der Waals surface area contributed by atoms with Crippen LogP contribution in [0.2, 0.25) is 0 Å². The SMILES string of the molecule is CCCC(=O)Cc1nc(N2CCN(C)CC2)no1. The topological polar surface area (TPSA) is 62.5 Å². The summed E-state index contributed by atoms with van der Waals surface area (Å²) in [5, 5.41) is 3.95. The van der Waals surface area contributed by atoms with E-state index in [0.717, 1.165) is 32.6 Å². The maximum Gasteiger partial charge on any atom is 0.266 e. The molecule has 1 aliphatic heterocycles. The molecule has 1 aromatic rings. The van der Waals surface area contributed by atoms with Crippen molar-refractivity contribution < 1.29 is 9.32 Å². The van der Waals surface area contributed by atoms with Gasteiger partial charge in [-0.25, -0.2) is 0 Å². The zero-order valence-corrected chi connectivity index (χ0v) is 11.1. The molecule has 1 saturated heterocycles. The van der Waals surface area contributed by atoms with Crippen LogP contribution in [-0.2, 0) is 11.2 Å². The molecule has 0 unspecified atom stereocenters. The van der Waals surface area contributed by atoms with Gasteiger partial charge < -0.3 is 14.3 Å². The monoisotopic (exact) mass is 252 g/mol. The van der Waals surface area contributed by atoms with Crippen LogP contribution in [0.3, 0.4) is 0 Å². The Morgan fingerprint density at radius 2 is 2.06 bits per heavy atom. The number of carbonyl (C=O) groups is 1. The fraction of sp³-hybridized carbons (Fsp3) is 0.750. The Morgan fingerprint density at radius 1 is 1.33 bits per heavy atom. The zero-order chi connectivity index (χ0) is 13.0. The lowest BCUT2D eigenvalue weighted by atomic mass is 10.2. The van der Waals surface area contributed by atoms with Crippen molar-refractivity contribution in [3.05, 3.63) is 5.89 Å². The van der Waals surface area contributed by atoms with Gasteiger partial charge in [0.2, 0.25) is 5.89 Å². The number of likely N-dealkylation sites (N-methyl/N-ethyl adjacent to an activating group) is 1. The van der Waals surface area contributed by atoms with Crippen LogP contribution in [0.15, 0.2) is 4.52 Å². The summed E-state index contributed by atoms with van der Waals surface area (Å²) >= 11 is 0. The molecule has 0 spiro atoms. The minimum absolute atomic E-state index is 0.158. The van der Waals surface area contributed by atoms with Crippen molar-refractivity contribution in [2.24, 2.45) is 0 Å². The molecule has 18 heavy (non-hydrogen) atoms. The number of piperazine rings is 1. The van der Waals surface area contributed by atoms with Crippen molar-refractivity contribution in [3.63, 3.8) is 0 Å². The second kappa shape index (κ2) is 5.95. The van der Waals surface area contributed by atoms with Gasteiger partial charge in [0.1, 0.15) is 5.78 Å². The normalized spacial score (nSPS) is 17.1. The Bertz CT molecular complexity index is 397. The number of nitrogens with zero attached hydrogens (tertiary/aromatic N) is 4. The number of anilines is 1.